The maximum Gasteiger partial charge on any atom is 0.267 e. The Morgan fingerprint density at radius 3 is 2.56 bits per heavy atom. The van der Waals surface area contributed by atoms with Crippen LogP contribution in [0.1, 0.15) is 26.3 Å². The molecular formula is C21H24N4O2. The molecule has 0 spiro atoms. The molecule has 27 heavy (non-hydrogen) atoms. The molecule has 140 valence electrons. The molecule has 0 aliphatic rings. The smallest absolute Gasteiger partial charge is 0.267 e. The fourth-order valence-corrected chi connectivity index (χ4v) is 2.74. The number of hydrogen-bond donors (Lipinski definition) is 1. The van der Waals surface area contributed by atoms with E-state index in [1.54, 1.807) is 12.1 Å². The molecule has 0 aliphatic heterocycles. The van der Waals surface area contributed by atoms with Crippen LogP contribution in [-0.2, 0) is 0 Å². The molecule has 1 aromatic carbocycles. The quantitative estimate of drug-likeness (QED) is 0.651. The van der Waals surface area contributed by atoms with Crippen molar-refractivity contribution in [3.8, 4) is 28.4 Å². The van der Waals surface area contributed by atoms with Gasteiger partial charge in [0.05, 0.1) is 24.0 Å². The molecule has 0 saturated carbocycles. The van der Waals surface area contributed by atoms with Crippen molar-refractivity contribution >= 4 is 0 Å². The van der Waals surface area contributed by atoms with E-state index in [0.29, 0.717) is 24.7 Å². The van der Waals surface area contributed by atoms with E-state index in [0.717, 1.165) is 23.2 Å². The Morgan fingerprint density at radius 1 is 1.07 bits per heavy atom. The van der Waals surface area contributed by atoms with Crippen molar-refractivity contribution in [1.29, 1.82) is 0 Å². The Morgan fingerprint density at radius 2 is 1.85 bits per heavy atom. The molecular weight excluding hydrogens is 340 g/mol. The summed E-state index contributed by atoms with van der Waals surface area (Å²) in [5, 5.41) is 4.54. The van der Waals surface area contributed by atoms with Crippen LogP contribution in [0.5, 0.6) is 5.88 Å². The number of pyridine rings is 1. The molecule has 3 aromatic rings. The number of rotatable bonds is 7. The van der Waals surface area contributed by atoms with Crippen LogP contribution in [-0.4, -0.2) is 27.9 Å². The second-order valence-corrected chi connectivity index (χ2v) is 6.50. The van der Waals surface area contributed by atoms with Gasteiger partial charge in [0.1, 0.15) is 0 Å². The third kappa shape index (κ3) is 4.41. The Bertz CT molecular complexity index is 952. The monoisotopic (exact) mass is 364 g/mol. The first-order valence-electron chi connectivity index (χ1n) is 9.09. The molecule has 0 amide bonds. The van der Waals surface area contributed by atoms with E-state index in [9.17, 15) is 4.79 Å². The van der Waals surface area contributed by atoms with E-state index in [1.807, 2.05) is 56.3 Å². The van der Waals surface area contributed by atoms with Crippen LogP contribution in [0.15, 0.2) is 59.4 Å². The van der Waals surface area contributed by atoms with Gasteiger partial charge in [0.25, 0.3) is 5.56 Å². The highest BCUT2D eigenvalue weighted by molar-refractivity contribution is 5.79. The molecule has 2 aromatic heterocycles. The van der Waals surface area contributed by atoms with E-state index >= 15 is 0 Å². The minimum absolute atomic E-state index is 0.0237. The van der Waals surface area contributed by atoms with Gasteiger partial charge in [-0.25, -0.2) is 9.67 Å². The van der Waals surface area contributed by atoms with E-state index in [2.05, 4.69) is 5.10 Å². The van der Waals surface area contributed by atoms with Crippen molar-refractivity contribution < 1.29 is 4.74 Å². The normalized spacial score (nSPS) is 11.0. The second kappa shape index (κ2) is 8.60. The van der Waals surface area contributed by atoms with E-state index in [-0.39, 0.29) is 11.6 Å². The largest absolute Gasteiger partial charge is 0.478 e. The van der Waals surface area contributed by atoms with Gasteiger partial charge in [-0.2, -0.15) is 5.10 Å². The first-order chi connectivity index (χ1) is 13.1. The number of hydrogen-bond acceptors (Lipinski definition) is 5. The van der Waals surface area contributed by atoms with E-state index < -0.39 is 0 Å². The lowest BCUT2D eigenvalue weighted by molar-refractivity contribution is 0.302. The number of benzene rings is 1. The lowest BCUT2D eigenvalue weighted by Crippen LogP contribution is -2.24. The fourth-order valence-electron chi connectivity index (χ4n) is 2.74. The molecule has 6 heteroatoms. The van der Waals surface area contributed by atoms with Gasteiger partial charge in [0.15, 0.2) is 0 Å². The minimum Gasteiger partial charge on any atom is -0.478 e. The third-order valence-electron chi connectivity index (χ3n) is 4.11. The number of aromatic nitrogens is 3. The molecule has 6 nitrogen and oxygen atoms in total. The standard InChI is InChI=1S/C21H24N4O2/c1-15(2)25-20(26)12-10-18(24-25)17-9-11-19(27-14-6-13-22)23-21(17)16-7-4-3-5-8-16/h3-5,7-12,15H,6,13-14,22H2,1-2H3. The Kier molecular flexibility index (Phi) is 5.98. The molecule has 0 fully saturated rings. The first kappa shape index (κ1) is 18.8. The van der Waals surface area contributed by atoms with Crippen molar-refractivity contribution in [3.63, 3.8) is 0 Å². The first-order valence-corrected chi connectivity index (χ1v) is 9.09. The summed E-state index contributed by atoms with van der Waals surface area (Å²) >= 11 is 0. The van der Waals surface area contributed by atoms with E-state index in [4.69, 9.17) is 15.5 Å². The summed E-state index contributed by atoms with van der Waals surface area (Å²) in [6.07, 6.45) is 0.769. The molecule has 0 unspecified atom stereocenters. The summed E-state index contributed by atoms with van der Waals surface area (Å²) < 4.78 is 7.20. The van der Waals surface area contributed by atoms with Gasteiger partial charge in [-0.15, -0.1) is 0 Å². The summed E-state index contributed by atoms with van der Waals surface area (Å²) in [7, 11) is 0. The highest BCUT2D eigenvalue weighted by atomic mass is 16.5. The number of nitrogens with zero attached hydrogens (tertiary/aromatic N) is 3. The maximum absolute atomic E-state index is 12.1. The molecule has 0 saturated heterocycles. The molecule has 2 N–H and O–H groups in total. The zero-order chi connectivity index (χ0) is 19.2. The molecule has 0 atom stereocenters. The van der Waals surface area contributed by atoms with Crippen LogP contribution < -0.4 is 16.0 Å². The summed E-state index contributed by atoms with van der Waals surface area (Å²) in [5.74, 6) is 0.545. The molecule has 2 heterocycles. The van der Waals surface area contributed by atoms with E-state index in [1.165, 1.54) is 4.68 Å². The lowest BCUT2D eigenvalue weighted by Gasteiger charge is -2.14. The molecule has 3 rings (SSSR count). The maximum atomic E-state index is 12.1. The van der Waals surface area contributed by atoms with Gasteiger partial charge in [-0.1, -0.05) is 30.3 Å². The second-order valence-electron chi connectivity index (χ2n) is 6.50. The van der Waals surface area contributed by atoms with Gasteiger partial charge in [0, 0.05) is 23.3 Å². The molecule has 0 aliphatic carbocycles. The SMILES string of the molecule is CC(C)n1nc(-c2ccc(OCCCN)nc2-c2ccccc2)ccc1=O. The Hall–Kier alpha value is -2.99. The van der Waals surface area contributed by atoms with Gasteiger partial charge >= 0.3 is 0 Å². The van der Waals surface area contributed by atoms with Crippen LogP contribution >= 0.6 is 0 Å². The highest BCUT2D eigenvalue weighted by Gasteiger charge is 2.14. The van der Waals surface area contributed by atoms with Gasteiger partial charge in [-0.3, -0.25) is 4.79 Å². The number of nitrogens with two attached hydrogens (primary N) is 1. The van der Waals surface area contributed by atoms with Crippen LogP contribution in [0.25, 0.3) is 22.5 Å². The van der Waals surface area contributed by atoms with Crippen LogP contribution in [0.4, 0.5) is 0 Å². The predicted octanol–water partition coefficient (Wildman–Crippen LogP) is 3.28. The highest BCUT2D eigenvalue weighted by Crippen LogP contribution is 2.31. The van der Waals surface area contributed by atoms with Crippen LogP contribution in [0.3, 0.4) is 0 Å². The van der Waals surface area contributed by atoms with Crippen molar-refractivity contribution in [2.24, 2.45) is 5.73 Å². The Balaban J connectivity index is 2.09. The van der Waals surface area contributed by atoms with Crippen molar-refractivity contribution in [2.45, 2.75) is 26.3 Å². The zero-order valence-electron chi connectivity index (χ0n) is 15.6. The zero-order valence-corrected chi connectivity index (χ0v) is 15.6. The van der Waals surface area contributed by atoms with Gasteiger partial charge < -0.3 is 10.5 Å². The summed E-state index contributed by atoms with van der Waals surface area (Å²) in [4.78, 5) is 16.8. The van der Waals surface area contributed by atoms with Crippen LogP contribution in [0.2, 0.25) is 0 Å². The van der Waals surface area contributed by atoms with Crippen molar-refractivity contribution in [1.82, 2.24) is 14.8 Å². The fraction of sp³-hybridized carbons (Fsp3) is 0.286. The summed E-state index contributed by atoms with van der Waals surface area (Å²) in [6, 6.07) is 16.9. The van der Waals surface area contributed by atoms with Crippen molar-refractivity contribution in [2.75, 3.05) is 13.2 Å². The predicted molar refractivity (Wildman–Crippen MR) is 107 cm³/mol. The average Bonchev–Trinajstić information content (AvgIpc) is 2.69. The lowest BCUT2D eigenvalue weighted by atomic mass is 10.0. The topological polar surface area (TPSA) is 83.0 Å². The Labute approximate surface area is 158 Å². The van der Waals surface area contributed by atoms with Crippen LogP contribution in [0, 0.1) is 0 Å². The molecule has 0 bridgehead atoms. The number of ether oxygens (including phenoxy) is 1. The molecule has 0 radical (unpaired) electrons. The van der Waals surface area contributed by atoms with Gasteiger partial charge in [-0.05, 0) is 38.9 Å². The summed E-state index contributed by atoms with van der Waals surface area (Å²) in [6.45, 7) is 4.96. The average molecular weight is 364 g/mol. The van der Waals surface area contributed by atoms with Gasteiger partial charge in [0.2, 0.25) is 5.88 Å². The van der Waals surface area contributed by atoms with Crippen molar-refractivity contribution in [3.05, 3.63) is 65.0 Å². The summed E-state index contributed by atoms with van der Waals surface area (Å²) in [5.41, 5.74) is 8.68. The third-order valence-corrected chi connectivity index (χ3v) is 4.11. The minimum atomic E-state index is -0.121.